The average Bonchev–Trinajstić information content (AvgIpc) is 2.98. The molecule has 0 spiro atoms. The Morgan fingerprint density at radius 3 is 2.21 bits per heavy atom. The molecular formula is C31H36BrCl2N3O5S. The van der Waals surface area contributed by atoms with Crippen LogP contribution in [-0.2, 0) is 26.2 Å². The van der Waals surface area contributed by atoms with Gasteiger partial charge in [0.05, 0.1) is 27.2 Å². The van der Waals surface area contributed by atoms with E-state index in [0.29, 0.717) is 45.4 Å². The maximum Gasteiger partial charge on any atom is 0.264 e. The number of hydrogen-bond acceptors (Lipinski definition) is 5. The summed E-state index contributed by atoms with van der Waals surface area (Å²) in [7, 11) is -4.19. The minimum absolute atomic E-state index is 0.0118. The number of hydrogen-bond donors (Lipinski definition) is 1. The van der Waals surface area contributed by atoms with Crippen molar-refractivity contribution in [1.29, 1.82) is 0 Å². The zero-order valence-corrected chi connectivity index (χ0v) is 28.3. The number of anilines is 1. The minimum atomic E-state index is -4.19. The van der Waals surface area contributed by atoms with E-state index in [4.69, 9.17) is 27.9 Å². The van der Waals surface area contributed by atoms with Crippen LogP contribution in [0.15, 0.2) is 76.1 Å². The highest BCUT2D eigenvalue weighted by atomic mass is 79.9. The Morgan fingerprint density at radius 1 is 0.953 bits per heavy atom. The first kappa shape index (κ1) is 34.7. The lowest BCUT2D eigenvalue weighted by Gasteiger charge is -2.33. The van der Waals surface area contributed by atoms with E-state index in [1.807, 2.05) is 20.8 Å². The molecule has 1 N–H and O–H groups in total. The monoisotopic (exact) mass is 711 g/mol. The highest BCUT2D eigenvalue weighted by molar-refractivity contribution is 9.10. The quantitative estimate of drug-likeness (QED) is 0.170. The molecule has 0 radical (unpaired) electrons. The topological polar surface area (TPSA) is 96.0 Å². The van der Waals surface area contributed by atoms with Crippen LogP contribution < -0.4 is 14.4 Å². The lowest BCUT2D eigenvalue weighted by atomic mass is 10.1. The number of halogens is 3. The number of rotatable bonds is 15. The molecule has 0 heterocycles. The zero-order valence-electron chi connectivity index (χ0n) is 24.4. The Balaban J connectivity index is 2.05. The highest BCUT2D eigenvalue weighted by Crippen LogP contribution is 2.28. The molecule has 12 heteroatoms. The lowest BCUT2D eigenvalue weighted by molar-refractivity contribution is -0.140. The maximum absolute atomic E-state index is 14.2. The predicted molar refractivity (Wildman–Crippen MR) is 175 cm³/mol. The van der Waals surface area contributed by atoms with Gasteiger partial charge in [-0.05, 0) is 86.0 Å². The van der Waals surface area contributed by atoms with Crippen LogP contribution in [0.5, 0.6) is 5.75 Å². The number of benzene rings is 3. The summed E-state index contributed by atoms with van der Waals surface area (Å²) in [6.45, 7) is 6.06. The SMILES string of the molecule is CCCCNC(=O)[C@H](CC)N(Cc1ccc(Cl)c(Cl)c1)C(=O)CN(c1ccc(OCC)cc1)S(=O)(=O)c1ccc(Br)cc1. The summed E-state index contributed by atoms with van der Waals surface area (Å²) in [5.74, 6) is -0.305. The van der Waals surface area contributed by atoms with Crippen LogP contribution in [0.4, 0.5) is 5.69 Å². The van der Waals surface area contributed by atoms with Gasteiger partial charge in [-0.1, -0.05) is 65.5 Å². The first-order valence-corrected chi connectivity index (χ1v) is 17.0. The van der Waals surface area contributed by atoms with Crippen molar-refractivity contribution in [2.75, 3.05) is 24.0 Å². The molecule has 0 fully saturated rings. The van der Waals surface area contributed by atoms with E-state index in [1.54, 1.807) is 54.6 Å². The Bertz CT molecular complexity index is 1490. The Hall–Kier alpha value is -2.79. The van der Waals surface area contributed by atoms with E-state index in [9.17, 15) is 18.0 Å². The summed E-state index contributed by atoms with van der Waals surface area (Å²) < 4.78 is 35.3. The molecule has 232 valence electrons. The molecule has 0 aromatic heterocycles. The Labute approximate surface area is 272 Å². The van der Waals surface area contributed by atoms with Gasteiger partial charge >= 0.3 is 0 Å². The fourth-order valence-corrected chi connectivity index (χ4v) is 6.40. The molecule has 0 unspecified atom stereocenters. The van der Waals surface area contributed by atoms with E-state index in [1.165, 1.54) is 17.0 Å². The summed E-state index contributed by atoms with van der Waals surface area (Å²) >= 11 is 15.7. The molecule has 0 saturated heterocycles. The van der Waals surface area contributed by atoms with Crippen LogP contribution in [0.25, 0.3) is 0 Å². The third kappa shape index (κ3) is 9.35. The molecule has 8 nitrogen and oxygen atoms in total. The number of carbonyl (C=O) groups excluding carboxylic acids is 2. The molecule has 3 aromatic rings. The second kappa shape index (κ2) is 16.3. The average molecular weight is 714 g/mol. The molecule has 0 aliphatic rings. The van der Waals surface area contributed by atoms with E-state index >= 15 is 0 Å². The fourth-order valence-electron chi connectivity index (χ4n) is 4.40. The van der Waals surface area contributed by atoms with Crippen molar-refractivity contribution >= 4 is 66.7 Å². The lowest BCUT2D eigenvalue weighted by Crippen LogP contribution is -2.52. The number of ether oxygens (including phenoxy) is 1. The Kier molecular flexibility index (Phi) is 13.2. The standard InChI is InChI=1S/C31H36BrCl2N3O5S/c1-4-7-18-35-31(39)29(5-2)36(20-22-8-17-27(33)28(34)19-22)30(38)21-37(24-11-13-25(14-12-24)42-6-3)43(40,41)26-15-9-23(32)10-16-26/h8-17,19,29H,4-7,18,20-21H2,1-3H3,(H,35,39)/t29-/m0/s1. The Morgan fingerprint density at radius 2 is 1.63 bits per heavy atom. The normalized spacial score (nSPS) is 12.0. The molecule has 0 aliphatic carbocycles. The van der Waals surface area contributed by atoms with Crippen molar-refractivity contribution in [2.24, 2.45) is 0 Å². The van der Waals surface area contributed by atoms with Crippen LogP contribution in [0.2, 0.25) is 10.0 Å². The van der Waals surface area contributed by atoms with Crippen molar-refractivity contribution in [1.82, 2.24) is 10.2 Å². The second-order valence-electron chi connectivity index (χ2n) is 9.73. The summed E-state index contributed by atoms with van der Waals surface area (Å²) in [5, 5.41) is 3.57. The van der Waals surface area contributed by atoms with Crippen molar-refractivity contribution in [3.05, 3.63) is 86.8 Å². The van der Waals surface area contributed by atoms with E-state index in [0.717, 1.165) is 17.1 Å². The van der Waals surface area contributed by atoms with Gasteiger partial charge in [0, 0.05) is 17.6 Å². The molecule has 3 rings (SSSR count). The number of sulfonamides is 1. The number of carbonyl (C=O) groups is 2. The maximum atomic E-state index is 14.2. The molecule has 43 heavy (non-hydrogen) atoms. The number of amides is 2. The number of unbranched alkanes of at least 4 members (excludes halogenated alkanes) is 1. The summed E-state index contributed by atoms with van der Waals surface area (Å²) in [6.07, 6.45) is 2.00. The van der Waals surface area contributed by atoms with Gasteiger partial charge < -0.3 is 15.0 Å². The zero-order chi connectivity index (χ0) is 31.6. The predicted octanol–water partition coefficient (Wildman–Crippen LogP) is 7.07. The van der Waals surface area contributed by atoms with Gasteiger partial charge in [-0.3, -0.25) is 13.9 Å². The van der Waals surface area contributed by atoms with Gasteiger partial charge in [0.1, 0.15) is 18.3 Å². The van der Waals surface area contributed by atoms with Crippen molar-refractivity contribution in [3.8, 4) is 5.75 Å². The number of nitrogens with zero attached hydrogens (tertiary/aromatic N) is 2. The molecule has 0 saturated carbocycles. The van der Waals surface area contributed by atoms with Gasteiger partial charge in [0.25, 0.3) is 10.0 Å². The highest BCUT2D eigenvalue weighted by Gasteiger charge is 2.33. The minimum Gasteiger partial charge on any atom is -0.494 e. The van der Waals surface area contributed by atoms with Crippen LogP contribution in [0.1, 0.15) is 45.6 Å². The van der Waals surface area contributed by atoms with E-state index < -0.39 is 28.5 Å². The smallest absolute Gasteiger partial charge is 0.264 e. The van der Waals surface area contributed by atoms with Crippen LogP contribution >= 0.6 is 39.1 Å². The molecule has 2 amide bonds. The molecular weight excluding hydrogens is 677 g/mol. The summed E-state index contributed by atoms with van der Waals surface area (Å²) in [5.41, 5.74) is 0.917. The van der Waals surface area contributed by atoms with Crippen molar-refractivity contribution in [2.45, 2.75) is 57.5 Å². The first-order chi connectivity index (χ1) is 20.5. The van der Waals surface area contributed by atoms with Gasteiger partial charge in [0.2, 0.25) is 11.8 Å². The van der Waals surface area contributed by atoms with Gasteiger partial charge in [-0.25, -0.2) is 8.42 Å². The van der Waals surface area contributed by atoms with Gasteiger partial charge in [-0.15, -0.1) is 0 Å². The fraction of sp³-hybridized carbons (Fsp3) is 0.355. The summed E-state index contributed by atoms with van der Waals surface area (Å²) in [6, 6.07) is 16.8. The molecule has 0 bridgehead atoms. The van der Waals surface area contributed by atoms with Crippen LogP contribution in [-0.4, -0.2) is 50.9 Å². The molecule has 3 aromatic carbocycles. The van der Waals surface area contributed by atoms with Crippen molar-refractivity contribution in [3.63, 3.8) is 0 Å². The number of nitrogens with one attached hydrogen (secondary N) is 1. The van der Waals surface area contributed by atoms with E-state index in [-0.39, 0.29) is 23.0 Å². The largest absolute Gasteiger partial charge is 0.494 e. The second-order valence-corrected chi connectivity index (χ2v) is 13.3. The summed E-state index contributed by atoms with van der Waals surface area (Å²) in [4.78, 5) is 28.9. The third-order valence-electron chi connectivity index (χ3n) is 6.67. The van der Waals surface area contributed by atoms with Gasteiger partial charge in [-0.2, -0.15) is 0 Å². The van der Waals surface area contributed by atoms with Crippen molar-refractivity contribution < 1.29 is 22.7 Å². The van der Waals surface area contributed by atoms with Crippen LogP contribution in [0.3, 0.4) is 0 Å². The molecule has 0 aliphatic heterocycles. The third-order valence-corrected chi connectivity index (χ3v) is 9.72. The van der Waals surface area contributed by atoms with Crippen LogP contribution in [0, 0.1) is 0 Å². The molecule has 1 atom stereocenters. The first-order valence-electron chi connectivity index (χ1n) is 14.0. The van der Waals surface area contributed by atoms with E-state index in [2.05, 4.69) is 21.2 Å². The van der Waals surface area contributed by atoms with Gasteiger partial charge in [0.15, 0.2) is 0 Å².